The van der Waals surface area contributed by atoms with Gasteiger partial charge in [-0.05, 0) is 29.1 Å². The number of nitrogens with zero attached hydrogens (tertiary/aromatic N) is 4. The highest BCUT2D eigenvalue weighted by Crippen LogP contribution is 2.26. The van der Waals surface area contributed by atoms with Crippen LogP contribution in [0.15, 0.2) is 23.3 Å². The van der Waals surface area contributed by atoms with E-state index in [9.17, 15) is 0 Å². The molecular formula is C13H17N5S. The molecule has 0 saturated carbocycles. The Morgan fingerprint density at radius 2 is 2.26 bits per heavy atom. The normalized spacial score (nSPS) is 12.6. The second-order valence-corrected chi connectivity index (χ2v) is 5.98. The summed E-state index contributed by atoms with van der Waals surface area (Å²) in [6, 6.07) is 6.21. The van der Waals surface area contributed by atoms with Crippen LogP contribution < -0.4 is 5.73 Å². The van der Waals surface area contributed by atoms with E-state index in [1.54, 1.807) is 11.3 Å². The van der Waals surface area contributed by atoms with Gasteiger partial charge in [-0.3, -0.25) is 0 Å². The van der Waals surface area contributed by atoms with Crippen LogP contribution in [0.4, 0.5) is 0 Å². The number of rotatable bonds is 5. The summed E-state index contributed by atoms with van der Waals surface area (Å²) in [5, 5.41) is 4.49. The molecule has 19 heavy (non-hydrogen) atoms. The Morgan fingerprint density at radius 3 is 2.95 bits per heavy atom. The molecule has 0 spiro atoms. The average molecular weight is 275 g/mol. The van der Waals surface area contributed by atoms with Crippen LogP contribution in [0.1, 0.15) is 30.3 Å². The Morgan fingerprint density at radius 1 is 1.47 bits per heavy atom. The molecule has 1 aromatic heterocycles. The molecule has 2 rings (SSSR count). The minimum Gasteiger partial charge on any atom is -0.327 e. The largest absolute Gasteiger partial charge is 0.327 e. The predicted octanol–water partition coefficient (Wildman–Crippen LogP) is 3.60. The molecule has 1 heterocycles. The maximum atomic E-state index is 8.27. The summed E-state index contributed by atoms with van der Waals surface area (Å²) in [4.78, 5) is 7.28. The minimum atomic E-state index is -0.166. The summed E-state index contributed by atoms with van der Waals surface area (Å²) in [6.45, 7) is 4.67. The molecule has 0 amide bonds. The van der Waals surface area contributed by atoms with Gasteiger partial charge in [-0.15, -0.1) is 11.3 Å². The van der Waals surface area contributed by atoms with E-state index < -0.39 is 0 Å². The van der Waals surface area contributed by atoms with Crippen LogP contribution in [0.25, 0.3) is 20.7 Å². The zero-order valence-electron chi connectivity index (χ0n) is 11.1. The van der Waals surface area contributed by atoms with Crippen molar-refractivity contribution in [2.75, 3.05) is 6.54 Å². The van der Waals surface area contributed by atoms with Crippen LogP contribution >= 0.6 is 11.3 Å². The smallest absolute Gasteiger partial charge is 0.0954 e. The molecule has 0 saturated heterocycles. The minimum absolute atomic E-state index is 0.166. The van der Waals surface area contributed by atoms with Gasteiger partial charge in [0.1, 0.15) is 0 Å². The monoisotopic (exact) mass is 275 g/mol. The number of hydrogen-bond donors (Lipinski definition) is 1. The van der Waals surface area contributed by atoms with Crippen LogP contribution in [0.3, 0.4) is 0 Å². The third kappa shape index (κ3) is 3.44. The van der Waals surface area contributed by atoms with Crippen LogP contribution in [0.2, 0.25) is 0 Å². The number of fused-ring (bicyclic) bond motifs is 1. The second-order valence-electron chi connectivity index (χ2n) is 4.87. The number of azide groups is 1. The molecule has 1 atom stereocenters. The Labute approximate surface area is 116 Å². The molecule has 6 heteroatoms. The lowest BCUT2D eigenvalue weighted by Gasteiger charge is -2.03. The first-order valence-corrected chi connectivity index (χ1v) is 7.07. The van der Waals surface area contributed by atoms with E-state index in [0.29, 0.717) is 18.9 Å². The van der Waals surface area contributed by atoms with Crippen molar-refractivity contribution in [2.24, 2.45) is 10.8 Å². The summed E-state index contributed by atoms with van der Waals surface area (Å²) in [7, 11) is 0. The van der Waals surface area contributed by atoms with E-state index in [-0.39, 0.29) is 6.04 Å². The van der Waals surface area contributed by atoms with Crippen LogP contribution in [-0.4, -0.2) is 17.6 Å². The van der Waals surface area contributed by atoms with Crippen molar-refractivity contribution in [2.45, 2.75) is 32.2 Å². The Balaban J connectivity index is 2.19. The fraction of sp³-hybridized carbons (Fsp3) is 0.462. The van der Waals surface area contributed by atoms with Gasteiger partial charge in [0.25, 0.3) is 0 Å². The van der Waals surface area contributed by atoms with Crippen LogP contribution in [0, 0.1) is 0 Å². The highest BCUT2D eigenvalue weighted by atomic mass is 32.1. The second kappa shape index (κ2) is 6.02. The average Bonchev–Trinajstić information content (AvgIpc) is 2.77. The number of hydrogen-bond acceptors (Lipinski definition) is 4. The predicted molar refractivity (Wildman–Crippen MR) is 79.4 cm³/mol. The summed E-state index contributed by atoms with van der Waals surface area (Å²) in [5.74, 6) is 0.516. The van der Waals surface area contributed by atoms with Crippen molar-refractivity contribution in [1.82, 2.24) is 4.98 Å². The molecule has 100 valence electrons. The van der Waals surface area contributed by atoms with Gasteiger partial charge in [0, 0.05) is 23.9 Å². The zero-order chi connectivity index (χ0) is 13.8. The third-order valence-corrected chi connectivity index (χ3v) is 3.98. The van der Waals surface area contributed by atoms with Gasteiger partial charge in [0.05, 0.1) is 15.2 Å². The van der Waals surface area contributed by atoms with Crippen molar-refractivity contribution in [3.63, 3.8) is 0 Å². The molecule has 0 aliphatic rings. The van der Waals surface area contributed by atoms with Gasteiger partial charge in [-0.25, -0.2) is 4.98 Å². The molecule has 0 radical (unpaired) electrons. The number of nitrogens with two attached hydrogens (primary N) is 1. The summed E-state index contributed by atoms with van der Waals surface area (Å²) < 4.78 is 1.19. The van der Waals surface area contributed by atoms with E-state index in [4.69, 9.17) is 11.3 Å². The lowest BCUT2D eigenvalue weighted by molar-refractivity contribution is 0.674. The molecule has 0 fully saturated rings. The Bertz CT molecular complexity index is 613. The van der Waals surface area contributed by atoms with Crippen molar-refractivity contribution >= 4 is 21.6 Å². The quantitative estimate of drug-likeness (QED) is 0.513. The molecule has 5 nitrogen and oxygen atoms in total. The van der Waals surface area contributed by atoms with Crippen LogP contribution in [0.5, 0.6) is 0 Å². The van der Waals surface area contributed by atoms with E-state index in [1.807, 2.05) is 0 Å². The van der Waals surface area contributed by atoms with Crippen LogP contribution in [-0.2, 0) is 6.42 Å². The van der Waals surface area contributed by atoms with Gasteiger partial charge in [-0.1, -0.05) is 25.0 Å². The molecule has 0 aliphatic heterocycles. The van der Waals surface area contributed by atoms with Crippen molar-refractivity contribution < 1.29 is 0 Å². The molecule has 0 bridgehead atoms. The Hall–Kier alpha value is -1.62. The summed E-state index contributed by atoms with van der Waals surface area (Å²) >= 11 is 1.66. The van der Waals surface area contributed by atoms with Crippen molar-refractivity contribution in [3.05, 3.63) is 39.2 Å². The van der Waals surface area contributed by atoms with Gasteiger partial charge in [-0.2, -0.15) is 0 Å². The zero-order valence-corrected chi connectivity index (χ0v) is 11.9. The number of thiazole rings is 1. The first-order chi connectivity index (χ1) is 9.10. The molecule has 0 aliphatic carbocycles. The topological polar surface area (TPSA) is 87.7 Å². The lowest BCUT2D eigenvalue weighted by Crippen LogP contribution is -2.25. The SMILES string of the molecule is CC(C)c1ccc2nc(C[C@H](N)CN=[N+]=[N-])sc2c1. The van der Waals surface area contributed by atoms with Crippen molar-refractivity contribution in [1.29, 1.82) is 0 Å². The maximum absolute atomic E-state index is 8.27. The lowest BCUT2D eigenvalue weighted by atomic mass is 10.0. The first-order valence-electron chi connectivity index (χ1n) is 6.26. The third-order valence-electron chi connectivity index (χ3n) is 2.94. The molecule has 2 aromatic rings. The first kappa shape index (κ1) is 13.8. The molecule has 2 N–H and O–H groups in total. The fourth-order valence-electron chi connectivity index (χ4n) is 1.87. The fourth-order valence-corrected chi connectivity index (χ4v) is 2.97. The van der Waals surface area contributed by atoms with Gasteiger partial charge in [0.2, 0.25) is 0 Å². The molecular weight excluding hydrogens is 258 g/mol. The maximum Gasteiger partial charge on any atom is 0.0954 e. The van der Waals surface area contributed by atoms with E-state index in [0.717, 1.165) is 10.5 Å². The summed E-state index contributed by atoms with van der Waals surface area (Å²) in [6.07, 6.45) is 0.648. The van der Waals surface area contributed by atoms with E-state index >= 15 is 0 Å². The van der Waals surface area contributed by atoms with E-state index in [2.05, 4.69) is 47.1 Å². The highest BCUT2D eigenvalue weighted by Gasteiger charge is 2.09. The summed E-state index contributed by atoms with van der Waals surface area (Å²) in [5.41, 5.74) is 16.5. The van der Waals surface area contributed by atoms with E-state index in [1.165, 1.54) is 10.3 Å². The molecule has 0 unspecified atom stereocenters. The van der Waals surface area contributed by atoms with Gasteiger partial charge in [0.15, 0.2) is 0 Å². The highest BCUT2D eigenvalue weighted by molar-refractivity contribution is 7.18. The number of aromatic nitrogens is 1. The molecule has 1 aromatic carbocycles. The van der Waals surface area contributed by atoms with Gasteiger partial charge >= 0.3 is 0 Å². The standard InChI is InChI=1S/C13H17N5S/c1-8(2)9-3-4-11-12(5-9)19-13(17-11)6-10(14)7-16-18-15/h3-5,8,10H,6-7,14H2,1-2H3/t10-/m0/s1. The number of benzene rings is 1. The van der Waals surface area contributed by atoms with Gasteiger partial charge < -0.3 is 5.73 Å². The Kier molecular flexibility index (Phi) is 4.37. The van der Waals surface area contributed by atoms with Crippen molar-refractivity contribution in [3.8, 4) is 0 Å².